The average Bonchev–Trinajstić information content (AvgIpc) is 2.36. The van der Waals surface area contributed by atoms with Crippen molar-refractivity contribution in [1.82, 2.24) is 0 Å². The van der Waals surface area contributed by atoms with Crippen molar-refractivity contribution in [3.63, 3.8) is 0 Å². The fraction of sp³-hybridized carbons (Fsp3) is 1.00. The summed E-state index contributed by atoms with van der Waals surface area (Å²) in [5.41, 5.74) is 0.142. The fourth-order valence-electron chi connectivity index (χ4n) is 1.27. The number of halogens is 3. The van der Waals surface area contributed by atoms with Crippen LogP contribution in [0.5, 0.6) is 0 Å². The summed E-state index contributed by atoms with van der Waals surface area (Å²) in [6.07, 6.45) is 0.102. The molecule has 0 aromatic heterocycles. The minimum absolute atomic E-state index is 0.134. The molecule has 1 fully saturated rings. The van der Waals surface area contributed by atoms with Gasteiger partial charge in [-0.2, -0.15) is 0 Å². The number of hydrogen-bond acceptors (Lipinski definition) is 1. The Morgan fingerprint density at radius 3 is 1.91 bits per heavy atom. The van der Waals surface area contributed by atoms with Crippen LogP contribution in [0.15, 0.2) is 0 Å². The van der Waals surface area contributed by atoms with E-state index >= 15 is 0 Å². The molecule has 1 saturated carbocycles. The molecule has 1 nitrogen and oxygen atoms in total. The third-order valence-electron chi connectivity index (χ3n) is 2.31. The number of hydrogen-bond donors (Lipinski definition) is 1. The lowest BCUT2D eigenvalue weighted by atomic mass is 10.1. The van der Waals surface area contributed by atoms with Crippen molar-refractivity contribution in [1.29, 1.82) is 0 Å². The molecule has 1 N–H and O–H groups in total. The third kappa shape index (κ3) is 2.15. The van der Waals surface area contributed by atoms with E-state index in [9.17, 15) is 5.11 Å². The lowest BCUT2D eigenvalue weighted by molar-refractivity contribution is 0.140. The van der Waals surface area contributed by atoms with Gasteiger partial charge in [-0.25, -0.2) is 0 Å². The normalized spacial score (nSPS) is 31.6. The zero-order chi connectivity index (χ0) is 8.86. The quantitative estimate of drug-likeness (QED) is 0.670. The smallest absolute Gasteiger partial charge is 0.216 e. The molecule has 4 heteroatoms. The van der Waals surface area contributed by atoms with Crippen LogP contribution in [-0.4, -0.2) is 15.0 Å². The molecule has 1 rings (SSSR count). The Morgan fingerprint density at radius 2 is 1.82 bits per heavy atom. The summed E-state index contributed by atoms with van der Waals surface area (Å²) in [6, 6.07) is 0. The molecule has 0 saturated heterocycles. The van der Waals surface area contributed by atoms with Crippen LogP contribution >= 0.6 is 34.8 Å². The zero-order valence-electron chi connectivity index (χ0n) is 6.44. The molecular formula is C7H11Cl3O. The molecule has 0 heterocycles. The Labute approximate surface area is 81.6 Å². The van der Waals surface area contributed by atoms with Gasteiger partial charge in [-0.15, -0.1) is 0 Å². The van der Waals surface area contributed by atoms with E-state index in [0.29, 0.717) is 0 Å². The first-order chi connectivity index (χ1) is 4.75. The number of aliphatic hydroxyl groups excluding tert-OH is 1. The van der Waals surface area contributed by atoms with Crippen LogP contribution in [0.4, 0.5) is 0 Å². The molecule has 11 heavy (non-hydrogen) atoms. The van der Waals surface area contributed by atoms with E-state index in [-0.39, 0.29) is 11.3 Å². The second-order valence-corrected chi connectivity index (χ2v) is 6.15. The molecule has 2 unspecified atom stereocenters. The summed E-state index contributed by atoms with van der Waals surface area (Å²) in [5, 5.41) is 9.47. The Morgan fingerprint density at radius 1 is 1.45 bits per heavy atom. The third-order valence-corrected chi connectivity index (χ3v) is 2.98. The SMILES string of the molecule is CC1(C)CC1C(O)C(Cl)(Cl)Cl. The summed E-state index contributed by atoms with van der Waals surface area (Å²) >= 11 is 16.6. The Kier molecular flexibility index (Phi) is 2.40. The zero-order valence-corrected chi connectivity index (χ0v) is 8.71. The van der Waals surface area contributed by atoms with Gasteiger partial charge in [0.15, 0.2) is 0 Å². The van der Waals surface area contributed by atoms with Gasteiger partial charge in [0.05, 0.1) is 0 Å². The molecule has 0 amide bonds. The lowest BCUT2D eigenvalue weighted by Crippen LogP contribution is -2.28. The van der Waals surface area contributed by atoms with Crippen LogP contribution in [-0.2, 0) is 0 Å². The van der Waals surface area contributed by atoms with Gasteiger partial charge in [-0.1, -0.05) is 48.7 Å². The van der Waals surface area contributed by atoms with Crippen molar-refractivity contribution < 1.29 is 5.11 Å². The first kappa shape index (κ1) is 9.91. The monoisotopic (exact) mass is 216 g/mol. The molecule has 0 radical (unpaired) electrons. The second kappa shape index (κ2) is 2.66. The van der Waals surface area contributed by atoms with Crippen LogP contribution in [0.1, 0.15) is 20.3 Å². The molecule has 66 valence electrons. The van der Waals surface area contributed by atoms with Crippen LogP contribution < -0.4 is 0 Å². The highest BCUT2D eigenvalue weighted by atomic mass is 35.6. The molecule has 0 aromatic rings. The van der Waals surface area contributed by atoms with Gasteiger partial charge in [0.2, 0.25) is 3.79 Å². The summed E-state index contributed by atoms with van der Waals surface area (Å²) in [4.78, 5) is 0. The highest BCUT2D eigenvalue weighted by Crippen LogP contribution is 2.57. The van der Waals surface area contributed by atoms with Gasteiger partial charge in [0.25, 0.3) is 0 Å². The Hall–Kier alpha value is 0.830. The number of rotatable bonds is 1. The van der Waals surface area contributed by atoms with Gasteiger partial charge >= 0.3 is 0 Å². The van der Waals surface area contributed by atoms with Crippen molar-refractivity contribution >= 4 is 34.8 Å². The van der Waals surface area contributed by atoms with E-state index in [2.05, 4.69) is 13.8 Å². The van der Waals surface area contributed by atoms with Crippen LogP contribution in [0.2, 0.25) is 0 Å². The standard InChI is InChI=1S/C7H11Cl3O/c1-6(2)3-4(6)5(11)7(8,9)10/h4-5,11H,3H2,1-2H3. The molecule has 1 aliphatic rings. The highest BCUT2D eigenvalue weighted by Gasteiger charge is 2.55. The first-order valence-corrected chi connectivity index (χ1v) is 4.63. The minimum atomic E-state index is -1.53. The van der Waals surface area contributed by atoms with Crippen molar-refractivity contribution in [2.24, 2.45) is 11.3 Å². The van der Waals surface area contributed by atoms with E-state index in [4.69, 9.17) is 34.8 Å². The maximum absolute atomic E-state index is 9.47. The molecule has 0 aliphatic heterocycles. The van der Waals surface area contributed by atoms with Crippen LogP contribution in [0.3, 0.4) is 0 Å². The van der Waals surface area contributed by atoms with E-state index in [1.807, 2.05) is 0 Å². The summed E-state index contributed by atoms with van der Waals surface area (Å²) in [7, 11) is 0. The largest absolute Gasteiger partial charge is 0.388 e. The summed E-state index contributed by atoms with van der Waals surface area (Å²) < 4.78 is -1.53. The number of alkyl halides is 3. The van der Waals surface area contributed by atoms with Crippen LogP contribution in [0, 0.1) is 11.3 Å². The Balaban J connectivity index is 2.52. The topological polar surface area (TPSA) is 20.2 Å². The molecule has 0 bridgehead atoms. The molecular weight excluding hydrogens is 206 g/mol. The van der Waals surface area contributed by atoms with Gasteiger partial charge < -0.3 is 5.11 Å². The van der Waals surface area contributed by atoms with Gasteiger partial charge in [0, 0.05) is 0 Å². The average molecular weight is 218 g/mol. The van der Waals surface area contributed by atoms with E-state index in [0.717, 1.165) is 6.42 Å². The van der Waals surface area contributed by atoms with E-state index in [1.54, 1.807) is 0 Å². The van der Waals surface area contributed by atoms with E-state index in [1.165, 1.54) is 0 Å². The van der Waals surface area contributed by atoms with Crippen molar-refractivity contribution in [3.05, 3.63) is 0 Å². The van der Waals surface area contributed by atoms with Crippen molar-refractivity contribution in [2.45, 2.75) is 30.2 Å². The predicted molar refractivity (Wildman–Crippen MR) is 48.2 cm³/mol. The van der Waals surface area contributed by atoms with Crippen molar-refractivity contribution in [3.8, 4) is 0 Å². The van der Waals surface area contributed by atoms with Gasteiger partial charge in [0.1, 0.15) is 6.10 Å². The van der Waals surface area contributed by atoms with E-state index < -0.39 is 9.90 Å². The molecule has 1 aliphatic carbocycles. The molecule has 2 atom stereocenters. The molecule has 0 spiro atoms. The maximum Gasteiger partial charge on any atom is 0.216 e. The maximum atomic E-state index is 9.47. The highest BCUT2D eigenvalue weighted by molar-refractivity contribution is 6.68. The first-order valence-electron chi connectivity index (χ1n) is 3.50. The minimum Gasteiger partial charge on any atom is -0.388 e. The predicted octanol–water partition coefficient (Wildman–Crippen LogP) is 2.76. The summed E-state index contributed by atoms with van der Waals surface area (Å²) in [6.45, 7) is 4.11. The molecule has 0 aromatic carbocycles. The number of aliphatic hydroxyl groups is 1. The summed E-state index contributed by atoms with van der Waals surface area (Å²) in [5.74, 6) is 0.134. The van der Waals surface area contributed by atoms with Crippen molar-refractivity contribution in [2.75, 3.05) is 0 Å². The Bertz CT molecular complexity index is 162. The fourth-order valence-corrected chi connectivity index (χ4v) is 1.73. The second-order valence-electron chi connectivity index (χ2n) is 3.79. The van der Waals surface area contributed by atoms with Gasteiger partial charge in [-0.05, 0) is 17.8 Å². The van der Waals surface area contributed by atoms with Gasteiger partial charge in [-0.3, -0.25) is 0 Å². The lowest BCUT2D eigenvalue weighted by Gasteiger charge is -2.19. The van der Waals surface area contributed by atoms with Crippen LogP contribution in [0.25, 0.3) is 0 Å².